The number of hydrogen-bond donors (Lipinski definition) is 2. The summed E-state index contributed by atoms with van der Waals surface area (Å²) in [4.78, 5) is 4.24. The maximum Gasteiger partial charge on any atom is 0.191 e. The van der Waals surface area contributed by atoms with E-state index in [1.54, 1.807) is 14.2 Å². The quantitative estimate of drug-likeness (QED) is 0.438. The van der Waals surface area contributed by atoms with Crippen molar-refractivity contribution in [3.05, 3.63) is 65.2 Å². The largest absolute Gasteiger partial charge is 0.497 e. The molecule has 0 aromatic heterocycles. The van der Waals surface area contributed by atoms with Crippen LogP contribution in [-0.4, -0.2) is 20.1 Å². The molecule has 0 saturated carbocycles. The molecule has 0 unspecified atom stereocenters. The number of aryl methyl sites for hydroxylation is 1. The van der Waals surface area contributed by atoms with Gasteiger partial charge in [0.15, 0.2) is 5.96 Å². The molecule has 0 amide bonds. The molecule has 0 aliphatic heterocycles. The number of rotatable bonds is 5. The van der Waals surface area contributed by atoms with E-state index in [1.807, 2.05) is 24.3 Å². The SMILES string of the molecule is CN=C(NCc1ccc(C)cc1)NCc1ccc(OC)cc1.I. The fourth-order valence-electron chi connectivity index (χ4n) is 2.04. The zero-order valence-corrected chi connectivity index (χ0v) is 16.1. The molecule has 0 aliphatic rings. The highest BCUT2D eigenvalue weighted by Gasteiger charge is 1.99. The van der Waals surface area contributed by atoms with Gasteiger partial charge in [0.2, 0.25) is 0 Å². The lowest BCUT2D eigenvalue weighted by Crippen LogP contribution is -2.36. The molecule has 2 N–H and O–H groups in total. The first-order valence-electron chi connectivity index (χ1n) is 7.34. The molecule has 0 bridgehead atoms. The van der Waals surface area contributed by atoms with Gasteiger partial charge in [0.25, 0.3) is 0 Å². The second-order valence-electron chi connectivity index (χ2n) is 5.11. The van der Waals surface area contributed by atoms with Crippen molar-refractivity contribution in [2.45, 2.75) is 20.0 Å². The van der Waals surface area contributed by atoms with Gasteiger partial charge in [0.1, 0.15) is 5.75 Å². The lowest BCUT2D eigenvalue weighted by molar-refractivity contribution is 0.414. The molecule has 0 saturated heterocycles. The van der Waals surface area contributed by atoms with E-state index in [9.17, 15) is 0 Å². The van der Waals surface area contributed by atoms with Crippen LogP contribution >= 0.6 is 24.0 Å². The summed E-state index contributed by atoms with van der Waals surface area (Å²) in [5.74, 6) is 1.65. The lowest BCUT2D eigenvalue weighted by Gasteiger charge is -2.12. The van der Waals surface area contributed by atoms with Gasteiger partial charge in [0, 0.05) is 20.1 Å². The molecule has 0 fully saturated rings. The summed E-state index contributed by atoms with van der Waals surface area (Å²) in [5.41, 5.74) is 3.68. The Hall–Kier alpha value is -1.76. The van der Waals surface area contributed by atoms with Crippen molar-refractivity contribution in [1.82, 2.24) is 10.6 Å². The highest BCUT2D eigenvalue weighted by Crippen LogP contribution is 2.10. The Bertz CT molecular complexity index is 609. The topological polar surface area (TPSA) is 45.7 Å². The van der Waals surface area contributed by atoms with Gasteiger partial charge in [-0.15, -0.1) is 24.0 Å². The van der Waals surface area contributed by atoms with Crippen molar-refractivity contribution in [2.24, 2.45) is 4.99 Å². The van der Waals surface area contributed by atoms with Gasteiger partial charge >= 0.3 is 0 Å². The average Bonchev–Trinajstić information content (AvgIpc) is 2.57. The van der Waals surface area contributed by atoms with Crippen LogP contribution in [0.25, 0.3) is 0 Å². The smallest absolute Gasteiger partial charge is 0.191 e. The third-order valence-corrected chi connectivity index (χ3v) is 3.42. The Morgan fingerprint density at radius 3 is 1.83 bits per heavy atom. The molecule has 4 nitrogen and oxygen atoms in total. The van der Waals surface area contributed by atoms with E-state index in [0.717, 1.165) is 24.8 Å². The van der Waals surface area contributed by atoms with E-state index in [-0.39, 0.29) is 24.0 Å². The van der Waals surface area contributed by atoms with Gasteiger partial charge in [-0.2, -0.15) is 0 Å². The molecule has 2 aromatic carbocycles. The molecular formula is C18H24IN3O. The Labute approximate surface area is 155 Å². The summed E-state index contributed by atoms with van der Waals surface area (Å²) >= 11 is 0. The Morgan fingerprint density at radius 2 is 1.39 bits per heavy atom. The van der Waals surface area contributed by atoms with Crippen LogP contribution in [0.4, 0.5) is 0 Å². The van der Waals surface area contributed by atoms with Gasteiger partial charge in [0.05, 0.1) is 7.11 Å². The van der Waals surface area contributed by atoms with E-state index in [4.69, 9.17) is 4.74 Å². The molecule has 0 aliphatic carbocycles. The van der Waals surface area contributed by atoms with E-state index < -0.39 is 0 Å². The van der Waals surface area contributed by atoms with Crippen LogP contribution in [-0.2, 0) is 13.1 Å². The number of nitrogens with zero attached hydrogens (tertiary/aromatic N) is 1. The predicted molar refractivity (Wildman–Crippen MR) is 107 cm³/mol. The molecule has 0 spiro atoms. The number of benzene rings is 2. The van der Waals surface area contributed by atoms with Crippen molar-refractivity contribution in [2.75, 3.05) is 14.2 Å². The molecule has 124 valence electrons. The number of methoxy groups -OCH3 is 1. The Kier molecular flexibility index (Phi) is 8.47. The monoisotopic (exact) mass is 425 g/mol. The zero-order valence-electron chi connectivity index (χ0n) is 13.8. The number of guanidine groups is 1. The molecule has 2 rings (SSSR count). The second kappa shape index (κ2) is 10.1. The normalized spacial score (nSPS) is 10.7. The number of ether oxygens (including phenoxy) is 1. The van der Waals surface area contributed by atoms with E-state index >= 15 is 0 Å². The third-order valence-electron chi connectivity index (χ3n) is 3.42. The first-order valence-corrected chi connectivity index (χ1v) is 7.34. The number of halogens is 1. The van der Waals surface area contributed by atoms with E-state index in [0.29, 0.717) is 0 Å². The van der Waals surface area contributed by atoms with Crippen molar-refractivity contribution in [3.8, 4) is 5.75 Å². The van der Waals surface area contributed by atoms with Crippen LogP contribution in [0.1, 0.15) is 16.7 Å². The molecule has 0 atom stereocenters. The van der Waals surface area contributed by atoms with Gasteiger partial charge in [-0.1, -0.05) is 42.0 Å². The molecular weight excluding hydrogens is 401 g/mol. The van der Waals surface area contributed by atoms with E-state index in [2.05, 4.69) is 46.8 Å². The summed E-state index contributed by atoms with van der Waals surface area (Å²) in [6, 6.07) is 16.5. The van der Waals surface area contributed by atoms with Gasteiger partial charge in [-0.25, -0.2) is 0 Å². The van der Waals surface area contributed by atoms with Crippen molar-refractivity contribution >= 4 is 29.9 Å². The third kappa shape index (κ3) is 6.48. The van der Waals surface area contributed by atoms with Crippen LogP contribution < -0.4 is 15.4 Å². The first-order chi connectivity index (χ1) is 10.7. The number of nitrogens with one attached hydrogen (secondary N) is 2. The van der Waals surface area contributed by atoms with Gasteiger partial charge < -0.3 is 15.4 Å². The van der Waals surface area contributed by atoms with Gasteiger partial charge in [-0.05, 0) is 30.2 Å². The minimum absolute atomic E-state index is 0. The Balaban J connectivity index is 0.00000264. The van der Waals surface area contributed by atoms with Crippen LogP contribution in [0.2, 0.25) is 0 Å². The summed E-state index contributed by atoms with van der Waals surface area (Å²) in [6.07, 6.45) is 0. The molecule has 0 heterocycles. The highest BCUT2D eigenvalue weighted by atomic mass is 127. The average molecular weight is 425 g/mol. The second-order valence-corrected chi connectivity index (χ2v) is 5.11. The minimum atomic E-state index is 0. The van der Waals surface area contributed by atoms with Crippen molar-refractivity contribution in [1.29, 1.82) is 0 Å². The van der Waals surface area contributed by atoms with Crippen molar-refractivity contribution in [3.63, 3.8) is 0 Å². The minimum Gasteiger partial charge on any atom is -0.497 e. The lowest BCUT2D eigenvalue weighted by atomic mass is 10.1. The van der Waals surface area contributed by atoms with Gasteiger partial charge in [-0.3, -0.25) is 4.99 Å². The fourth-order valence-corrected chi connectivity index (χ4v) is 2.04. The summed E-state index contributed by atoms with van der Waals surface area (Å²) in [6.45, 7) is 3.56. The molecule has 0 radical (unpaired) electrons. The van der Waals surface area contributed by atoms with Crippen LogP contribution in [0.15, 0.2) is 53.5 Å². The maximum absolute atomic E-state index is 5.16. The van der Waals surface area contributed by atoms with Crippen molar-refractivity contribution < 1.29 is 4.74 Å². The summed E-state index contributed by atoms with van der Waals surface area (Å²) in [5, 5.41) is 6.62. The zero-order chi connectivity index (χ0) is 15.8. The fraction of sp³-hybridized carbons (Fsp3) is 0.278. The highest BCUT2D eigenvalue weighted by molar-refractivity contribution is 14.0. The summed E-state index contributed by atoms with van der Waals surface area (Å²) in [7, 11) is 3.45. The molecule has 5 heteroatoms. The predicted octanol–water partition coefficient (Wildman–Crippen LogP) is 3.49. The molecule has 2 aromatic rings. The van der Waals surface area contributed by atoms with Crippen LogP contribution in [0.3, 0.4) is 0 Å². The number of aliphatic imine (C=N–C) groups is 1. The molecule has 23 heavy (non-hydrogen) atoms. The standard InChI is InChI=1S/C18H23N3O.HI/c1-14-4-6-15(7-5-14)12-20-18(19-2)21-13-16-8-10-17(22-3)11-9-16;/h4-11H,12-13H2,1-3H3,(H2,19,20,21);1H. The Morgan fingerprint density at radius 1 is 0.913 bits per heavy atom. The van der Waals surface area contributed by atoms with E-state index in [1.165, 1.54) is 16.7 Å². The first kappa shape index (κ1) is 19.3. The summed E-state index contributed by atoms with van der Waals surface area (Å²) < 4.78 is 5.16. The maximum atomic E-state index is 5.16. The van der Waals surface area contributed by atoms with Crippen LogP contribution in [0.5, 0.6) is 5.75 Å². The number of hydrogen-bond acceptors (Lipinski definition) is 2. The van der Waals surface area contributed by atoms with Crippen LogP contribution in [0, 0.1) is 6.92 Å².